The summed E-state index contributed by atoms with van der Waals surface area (Å²) >= 11 is 0. The van der Waals surface area contributed by atoms with Gasteiger partial charge in [-0.2, -0.15) is 18.4 Å². The number of pyridine rings is 1. The highest BCUT2D eigenvalue weighted by atomic mass is 19.4. The molecular weight excluding hydrogens is 227 g/mol. The molecule has 0 saturated carbocycles. The van der Waals surface area contributed by atoms with E-state index in [9.17, 15) is 23.3 Å². The lowest BCUT2D eigenvalue weighted by Crippen LogP contribution is -2.13. The molecule has 0 atom stereocenters. The summed E-state index contributed by atoms with van der Waals surface area (Å²) < 4.78 is 36.3. The van der Waals surface area contributed by atoms with E-state index in [1.54, 1.807) is 0 Å². The predicted octanol–water partition coefficient (Wildman–Crippen LogP) is 1.97. The number of nitro groups is 1. The molecule has 0 aliphatic heterocycles. The fraction of sp³-hybridized carbons (Fsp3) is 0.250. The van der Waals surface area contributed by atoms with Crippen molar-refractivity contribution in [2.75, 3.05) is 0 Å². The number of aromatic nitrogens is 1. The molecule has 0 aliphatic rings. The molecule has 1 aromatic rings. The van der Waals surface area contributed by atoms with Crippen molar-refractivity contribution >= 4 is 5.69 Å². The fourth-order valence-electron chi connectivity index (χ4n) is 1.05. The molecule has 0 N–H and O–H groups in total. The van der Waals surface area contributed by atoms with Crippen LogP contribution in [-0.2, 0) is 6.42 Å². The first-order chi connectivity index (χ1) is 7.33. The largest absolute Gasteiger partial charge is 0.393 e. The Hall–Kier alpha value is -2.17. The van der Waals surface area contributed by atoms with Gasteiger partial charge in [-0.25, -0.2) is 4.98 Å². The number of hydrogen-bond acceptors (Lipinski definition) is 4. The van der Waals surface area contributed by atoms with Gasteiger partial charge in [-0.1, -0.05) is 0 Å². The number of nitriles is 1. The van der Waals surface area contributed by atoms with Gasteiger partial charge in [-0.3, -0.25) is 10.1 Å². The molecule has 84 valence electrons. The normalized spacial score (nSPS) is 10.9. The van der Waals surface area contributed by atoms with Gasteiger partial charge in [0.25, 0.3) is 5.69 Å². The van der Waals surface area contributed by atoms with Crippen molar-refractivity contribution in [2.24, 2.45) is 0 Å². The molecule has 0 radical (unpaired) electrons. The van der Waals surface area contributed by atoms with Crippen molar-refractivity contribution in [3.05, 3.63) is 33.6 Å². The van der Waals surface area contributed by atoms with E-state index in [4.69, 9.17) is 5.26 Å². The summed E-state index contributed by atoms with van der Waals surface area (Å²) in [6.45, 7) is 0. The lowest BCUT2D eigenvalue weighted by molar-refractivity contribution is -0.385. The van der Waals surface area contributed by atoms with E-state index in [0.717, 1.165) is 6.20 Å². The van der Waals surface area contributed by atoms with Crippen molar-refractivity contribution in [3.63, 3.8) is 0 Å². The van der Waals surface area contributed by atoms with E-state index in [2.05, 4.69) is 4.98 Å². The molecule has 0 spiro atoms. The Morgan fingerprint density at radius 1 is 1.56 bits per heavy atom. The van der Waals surface area contributed by atoms with Gasteiger partial charge in [0.2, 0.25) is 0 Å². The van der Waals surface area contributed by atoms with Crippen LogP contribution in [0.1, 0.15) is 11.3 Å². The van der Waals surface area contributed by atoms with Crippen LogP contribution in [-0.4, -0.2) is 16.1 Å². The Morgan fingerprint density at radius 2 is 2.19 bits per heavy atom. The smallest absolute Gasteiger partial charge is 0.258 e. The fourth-order valence-corrected chi connectivity index (χ4v) is 1.05. The maximum Gasteiger partial charge on any atom is 0.393 e. The second kappa shape index (κ2) is 4.14. The zero-order chi connectivity index (χ0) is 12.3. The van der Waals surface area contributed by atoms with Gasteiger partial charge < -0.3 is 0 Å². The minimum atomic E-state index is -4.54. The summed E-state index contributed by atoms with van der Waals surface area (Å²) in [6.07, 6.45) is -5.20. The van der Waals surface area contributed by atoms with Crippen LogP contribution in [0.2, 0.25) is 0 Å². The van der Waals surface area contributed by atoms with E-state index >= 15 is 0 Å². The number of hydrogen-bond donors (Lipinski definition) is 0. The molecule has 1 aromatic heterocycles. The highest BCUT2D eigenvalue weighted by Crippen LogP contribution is 2.24. The Bertz CT molecular complexity index is 465. The van der Waals surface area contributed by atoms with E-state index in [-0.39, 0.29) is 0 Å². The van der Waals surface area contributed by atoms with Crippen LogP contribution in [0.5, 0.6) is 0 Å². The van der Waals surface area contributed by atoms with Crippen molar-refractivity contribution in [3.8, 4) is 6.07 Å². The summed E-state index contributed by atoms with van der Waals surface area (Å²) in [7, 11) is 0. The zero-order valence-corrected chi connectivity index (χ0v) is 7.65. The Morgan fingerprint density at radius 3 is 2.62 bits per heavy atom. The molecule has 1 rings (SSSR count). The Balaban J connectivity index is 3.19. The molecule has 0 amide bonds. The highest BCUT2D eigenvalue weighted by Gasteiger charge is 2.30. The number of alkyl halides is 3. The topological polar surface area (TPSA) is 79.8 Å². The Labute approximate surface area is 87.3 Å². The van der Waals surface area contributed by atoms with Crippen molar-refractivity contribution in [1.29, 1.82) is 5.26 Å². The standard InChI is InChI=1S/C8H4F3N3O2/c9-8(10,11)2-5-1-6(14(15)16)4-13-7(5)3-12/h1,4H,2H2. The van der Waals surface area contributed by atoms with Gasteiger partial charge in [0.15, 0.2) is 0 Å². The van der Waals surface area contributed by atoms with Crippen LogP contribution in [0.15, 0.2) is 12.3 Å². The average Bonchev–Trinajstić information content (AvgIpc) is 2.15. The van der Waals surface area contributed by atoms with E-state index in [0.29, 0.717) is 6.07 Å². The lowest BCUT2D eigenvalue weighted by atomic mass is 10.1. The third kappa shape index (κ3) is 2.91. The minimum absolute atomic E-state index is 0.456. The summed E-state index contributed by atoms with van der Waals surface area (Å²) in [5.74, 6) is 0. The van der Waals surface area contributed by atoms with E-state index in [1.807, 2.05) is 0 Å². The number of rotatable bonds is 2. The van der Waals surface area contributed by atoms with Crippen molar-refractivity contribution < 1.29 is 18.1 Å². The van der Waals surface area contributed by atoms with Gasteiger partial charge >= 0.3 is 6.18 Å². The summed E-state index contributed by atoms with van der Waals surface area (Å²) in [6, 6.07) is 2.16. The van der Waals surface area contributed by atoms with Gasteiger partial charge in [0.1, 0.15) is 18.0 Å². The van der Waals surface area contributed by atoms with Gasteiger partial charge in [-0.15, -0.1) is 0 Å². The maximum absolute atomic E-state index is 12.1. The third-order valence-electron chi connectivity index (χ3n) is 1.66. The van der Waals surface area contributed by atoms with E-state index < -0.39 is 34.5 Å². The Kier molecular flexibility index (Phi) is 3.08. The first-order valence-corrected chi connectivity index (χ1v) is 3.93. The molecule has 0 fully saturated rings. The molecule has 8 heteroatoms. The van der Waals surface area contributed by atoms with Crippen LogP contribution in [0.4, 0.5) is 18.9 Å². The van der Waals surface area contributed by atoms with Gasteiger partial charge in [0.05, 0.1) is 11.3 Å². The first kappa shape index (κ1) is 11.9. The molecule has 1 heterocycles. The number of nitrogens with zero attached hydrogens (tertiary/aromatic N) is 3. The van der Waals surface area contributed by atoms with Crippen LogP contribution >= 0.6 is 0 Å². The monoisotopic (exact) mass is 231 g/mol. The van der Waals surface area contributed by atoms with Crippen LogP contribution in [0, 0.1) is 21.4 Å². The molecule has 0 saturated heterocycles. The first-order valence-electron chi connectivity index (χ1n) is 3.93. The summed E-state index contributed by atoms with van der Waals surface area (Å²) in [5, 5.41) is 18.8. The van der Waals surface area contributed by atoms with Crippen molar-refractivity contribution in [1.82, 2.24) is 4.98 Å². The predicted molar refractivity (Wildman–Crippen MR) is 45.4 cm³/mol. The highest BCUT2D eigenvalue weighted by molar-refractivity contribution is 5.40. The third-order valence-corrected chi connectivity index (χ3v) is 1.66. The van der Waals surface area contributed by atoms with Crippen LogP contribution in [0.3, 0.4) is 0 Å². The molecule has 0 bridgehead atoms. The minimum Gasteiger partial charge on any atom is -0.258 e. The lowest BCUT2D eigenvalue weighted by Gasteiger charge is -2.06. The van der Waals surface area contributed by atoms with Gasteiger partial charge in [0, 0.05) is 11.6 Å². The quantitative estimate of drug-likeness (QED) is 0.575. The van der Waals surface area contributed by atoms with Crippen LogP contribution in [0.25, 0.3) is 0 Å². The van der Waals surface area contributed by atoms with E-state index in [1.165, 1.54) is 6.07 Å². The second-order valence-corrected chi connectivity index (χ2v) is 2.86. The van der Waals surface area contributed by atoms with Gasteiger partial charge in [-0.05, 0) is 0 Å². The average molecular weight is 231 g/mol. The SMILES string of the molecule is N#Cc1ncc([N+](=O)[O-])cc1CC(F)(F)F. The van der Waals surface area contributed by atoms with Crippen LogP contribution < -0.4 is 0 Å². The maximum atomic E-state index is 12.1. The molecule has 0 aromatic carbocycles. The molecule has 5 nitrogen and oxygen atoms in total. The summed E-state index contributed by atoms with van der Waals surface area (Å²) in [4.78, 5) is 12.8. The molecular formula is C8H4F3N3O2. The van der Waals surface area contributed by atoms with Crippen molar-refractivity contribution in [2.45, 2.75) is 12.6 Å². The summed E-state index contributed by atoms with van der Waals surface area (Å²) in [5.41, 5.74) is -1.52. The zero-order valence-electron chi connectivity index (χ0n) is 7.65. The number of halogens is 3. The molecule has 0 unspecified atom stereocenters. The molecule has 0 aliphatic carbocycles. The molecule has 16 heavy (non-hydrogen) atoms. The second-order valence-electron chi connectivity index (χ2n) is 2.86.